The highest BCUT2D eigenvalue weighted by Gasteiger charge is 2.22. The van der Waals surface area contributed by atoms with E-state index in [1.54, 1.807) is 0 Å². The van der Waals surface area contributed by atoms with Crippen molar-refractivity contribution in [3.63, 3.8) is 0 Å². The van der Waals surface area contributed by atoms with Crippen LogP contribution < -0.4 is 5.32 Å². The zero-order chi connectivity index (χ0) is 15.9. The minimum Gasteiger partial charge on any atom is -0.395 e. The summed E-state index contributed by atoms with van der Waals surface area (Å²) in [6.45, 7) is 3.01. The second kappa shape index (κ2) is 8.65. The van der Waals surface area contributed by atoms with E-state index in [9.17, 15) is 9.90 Å². The molecule has 2 N–H and O–H groups in total. The van der Waals surface area contributed by atoms with Crippen molar-refractivity contribution in [1.29, 1.82) is 0 Å². The number of anilines is 1. The Morgan fingerprint density at radius 3 is 2.73 bits per heavy atom. The van der Waals surface area contributed by atoms with Crippen molar-refractivity contribution in [2.24, 2.45) is 0 Å². The molecule has 0 heterocycles. The largest absolute Gasteiger partial charge is 0.395 e. The Morgan fingerprint density at radius 1 is 1.36 bits per heavy atom. The van der Waals surface area contributed by atoms with E-state index in [0.717, 1.165) is 28.6 Å². The number of rotatable bonds is 6. The lowest BCUT2D eigenvalue weighted by molar-refractivity contribution is -0.118. The molecule has 22 heavy (non-hydrogen) atoms. The maximum Gasteiger partial charge on any atom is 0.238 e. The number of aryl methyl sites for hydroxylation is 1. The van der Waals surface area contributed by atoms with Crippen molar-refractivity contribution in [3.8, 4) is 0 Å². The molecule has 0 spiro atoms. The van der Waals surface area contributed by atoms with Gasteiger partial charge < -0.3 is 10.4 Å². The molecule has 1 aliphatic carbocycles. The molecule has 1 aliphatic rings. The molecule has 0 unspecified atom stereocenters. The van der Waals surface area contributed by atoms with Crippen LogP contribution in [0.1, 0.15) is 37.7 Å². The maximum atomic E-state index is 12.3. The van der Waals surface area contributed by atoms with Gasteiger partial charge in [-0.05, 0) is 43.5 Å². The van der Waals surface area contributed by atoms with Crippen molar-refractivity contribution in [2.45, 2.75) is 45.1 Å². The molecule has 4 nitrogen and oxygen atoms in total. The molecular formula is C17H25BrN2O2. The van der Waals surface area contributed by atoms with Crippen molar-refractivity contribution < 1.29 is 9.90 Å². The zero-order valence-corrected chi connectivity index (χ0v) is 14.7. The number of hydrogen-bond acceptors (Lipinski definition) is 3. The maximum absolute atomic E-state index is 12.3. The normalized spacial score (nSPS) is 16.0. The molecule has 1 saturated carbocycles. The summed E-state index contributed by atoms with van der Waals surface area (Å²) in [4.78, 5) is 14.4. The lowest BCUT2D eigenvalue weighted by Crippen LogP contribution is -2.43. The molecular weight excluding hydrogens is 344 g/mol. The molecule has 0 aliphatic heterocycles. The van der Waals surface area contributed by atoms with E-state index in [1.165, 1.54) is 19.3 Å². The number of hydrogen-bond donors (Lipinski definition) is 2. The molecule has 2 rings (SSSR count). The van der Waals surface area contributed by atoms with E-state index in [2.05, 4.69) is 26.1 Å². The Hall–Kier alpha value is -0.910. The number of benzene rings is 1. The minimum atomic E-state index is -0.0132. The summed E-state index contributed by atoms with van der Waals surface area (Å²) in [6, 6.07) is 6.22. The van der Waals surface area contributed by atoms with Crippen LogP contribution in [0.5, 0.6) is 0 Å². The molecule has 0 atom stereocenters. The van der Waals surface area contributed by atoms with E-state index in [1.807, 2.05) is 25.1 Å². The van der Waals surface area contributed by atoms with E-state index < -0.39 is 0 Å². The Labute approximate surface area is 141 Å². The number of nitrogens with zero attached hydrogens (tertiary/aromatic N) is 1. The minimum absolute atomic E-state index is 0.0132. The highest BCUT2D eigenvalue weighted by Crippen LogP contribution is 2.23. The van der Waals surface area contributed by atoms with Crippen LogP contribution in [0.2, 0.25) is 0 Å². The van der Waals surface area contributed by atoms with Crippen LogP contribution in [0, 0.1) is 6.92 Å². The number of nitrogens with one attached hydrogen (secondary N) is 1. The van der Waals surface area contributed by atoms with Crippen molar-refractivity contribution in [2.75, 3.05) is 25.0 Å². The van der Waals surface area contributed by atoms with Gasteiger partial charge in [0.05, 0.1) is 13.2 Å². The summed E-state index contributed by atoms with van der Waals surface area (Å²) in [5, 5.41) is 12.2. The zero-order valence-electron chi connectivity index (χ0n) is 13.1. The standard InChI is InChI=1S/C17H25BrN2O2/c1-13-11-14(7-8-16(13)18)19-17(22)12-20(9-10-21)15-5-3-2-4-6-15/h7-8,11,15,21H,2-6,9-10,12H2,1H3,(H,19,22). The summed E-state index contributed by atoms with van der Waals surface area (Å²) in [5.41, 5.74) is 1.91. The van der Waals surface area contributed by atoms with Crippen LogP contribution in [0.25, 0.3) is 0 Å². The summed E-state index contributed by atoms with van der Waals surface area (Å²) in [6.07, 6.45) is 5.99. The molecule has 1 fully saturated rings. The molecule has 0 aromatic heterocycles. The fourth-order valence-corrected chi connectivity index (χ4v) is 3.32. The van der Waals surface area contributed by atoms with Crippen LogP contribution >= 0.6 is 15.9 Å². The average Bonchev–Trinajstić information content (AvgIpc) is 2.51. The summed E-state index contributed by atoms with van der Waals surface area (Å²) in [5.74, 6) is -0.0132. The van der Waals surface area contributed by atoms with Gasteiger partial charge in [-0.15, -0.1) is 0 Å². The number of halogens is 1. The molecule has 0 bridgehead atoms. The van der Waals surface area contributed by atoms with Crippen molar-refractivity contribution >= 4 is 27.5 Å². The molecule has 5 heteroatoms. The van der Waals surface area contributed by atoms with E-state index >= 15 is 0 Å². The van der Waals surface area contributed by atoms with Gasteiger partial charge in [-0.2, -0.15) is 0 Å². The van der Waals surface area contributed by atoms with Gasteiger partial charge in [-0.3, -0.25) is 9.69 Å². The predicted molar refractivity (Wildman–Crippen MR) is 93.0 cm³/mol. The molecule has 1 aromatic rings. The first-order chi connectivity index (χ1) is 10.6. The van der Waals surface area contributed by atoms with Crippen LogP contribution in [-0.4, -0.2) is 41.7 Å². The predicted octanol–water partition coefficient (Wildman–Crippen LogP) is 3.32. The van der Waals surface area contributed by atoms with Crippen LogP contribution in [0.3, 0.4) is 0 Å². The number of carbonyl (C=O) groups excluding carboxylic acids is 1. The van der Waals surface area contributed by atoms with Gasteiger partial charge in [-0.25, -0.2) is 0 Å². The van der Waals surface area contributed by atoms with Crippen molar-refractivity contribution in [3.05, 3.63) is 28.2 Å². The quantitative estimate of drug-likeness (QED) is 0.809. The number of amides is 1. The fraction of sp³-hybridized carbons (Fsp3) is 0.588. The SMILES string of the molecule is Cc1cc(NC(=O)CN(CCO)C2CCCCC2)ccc1Br. The number of carbonyl (C=O) groups is 1. The lowest BCUT2D eigenvalue weighted by atomic mass is 9.94. The first-order valence-electron chi connectivity index (χ1n) is 8.01. The van der Waals surface area contributed by atoms with Crippen LogP contribution in [0.4, 0.5) is 5.69 Å². The van der Waals surface area contributed by atoms with Gasteiger partial charge in [0.2, 0.25) is 5.91 Å². The van der Waals surface area contributed by atoms with Gasteiger partial charge >= 0.3 is 0 Å². The van der Waals surface area contributed by atoms with Gasteiger partial charge in [0.15, 0.2) is 0 Å². The second-order valence-electron chi connectivity index (χ2n) is 6.00. The van der Waals surface area contributed by atoms with E-state index in [-0.39, 0.29) is 12.5 Å². The monoisotopic (exact) mass is 368 g/mol. The molecule has 122 valence electrons. The number of aliphatic hydroxyl groups excluding tert-OH is 1. The molecule has 1 aromatic carbocycles. The van der Waals surface area contributed by atoms with Gasteiger partial charge in [-0.1, -0.05) is 35.2 Å². The van der Waals surface area contributed by atoms with Gasteiger partial charge in [0.25, 0.3) is 0 Å². The third-order valence-electron chi connectivity index (χ3n) is 4.27. The molecule has 0 radical (unpaired) electrons. The van der Waals surface area contributed by atoms with E-state index in [0.29, 0.717) is 19.1 Å². The highest BCUT2D eigenvalue weighted by atomic mass is 79.9. The Balaban J connectivity index is 1.93. The van der Waals surface area contributed by atoms with E-state index in [4.69, 9.17) is 0 Å². The van der Waals surface area contributed by atoms with Gasteiger partial charge in [0, 0.05) is 22.7 Å². The summed E-state index contributed by atoms with van der Waals surface area (Å²) >= 11 is 3.46. The Morgan fingerprint density at radius 2 is 2.09 bits per heavy atom. The Bertz CT molecular complexity index is 501. The lowest BCUT2D eigenvalue weighted by Gasteiger charge is -2.33. The highest BCUT2D eigenvalue weighted by molar-refractivity contribution is 9.10. The third kappa shape index (κ3) is 5.07. The van der Waals surface area contributed by atoms with Crippen LogP contribution in [-0.2, 0) is 4.79 Å². The topological polar surface area (TPSA) is 52.6 Å². The van der Waals surface area contributed by atoms with Gasteiger partial charge in [0.1, 0.15) is 0 Å². The van der Waals surface area contributed by atoms with Crippen molar-refractivity contribution in [1.82, 2.24) is 4.90 Å². The number of aliphatic hydroxyl groups is 1. The fourth-order valence-electron chi connectivity index (χ4n) is 3.07. The first-order valence-corrected chi connectivity index (χ1v) is 8.80. The molecule has 0 saturated heterocycles. The third-order valence-corrected chi connectivity index (χ3v) is 5.16. The summed E-state index contributed by atoms with van der Waals surface area (Å²) in [7, 11) is 0. The second-order valence-corrected chi connectivity index (χ2v) is 6.85. The summed E-state index contributed by atoms with van der Waals surface area (Å²) < 4.78 is 1.04. The smallest absolute Gasteiger partial charge is 0.238 e. The first kappa shape index (κ1) is 17.4. The Kier molecular flexibility index (Phi) is 6.86. The van der Waals surface area contributed by atoms with Crippen LogP contribution in [0.15, 0.2) is 22.7 Å². The molecule has 1 amide bonds. The average molecular weight is 369 g/mol.